The van der Waals surface area contributed by atoms with Gasteiger partial charge in [-0.3, -0.25) is 9.59 Å². The molecule has 6 rings (SSSR count). The van der Waals surface area contributed by atoms with E-state index in [1.807, 2.05) is 57.2 Å². The second kappa shape index (κ2) is 13.7. The molecule has 1 aliphatic heterocycles. The van der Waals surface area contributed by atoms with Gasteiger partial charge in [0.05, 0.1) is 26.2 Å². The molecule has 49 heavy (non-hydrogen) atoms. The maximum Gasteiger partial charge on any atom is 0.408 e. The number of benzene rings is 1. The van der Waals surface area contributed by atoms with Crippen LogP contribution in [0.2, 0.25) is 0 Å². The molecule has 14 heteroatoms. The topological polar surface area (TPSA) is 160 Å². The third-order valence-corrected chi connectivity index (χ3v) is 11.1. The molecule has 1 saturated heterocycles. The van der Waals surface area contributed by atoms with Gasteiger partial charge in [0, 0.05) is 12.3 Å². The number of carboxylic acids is 1. The van der Waals surface area contributed by atoms with E-state index in [2.05, 4.69) is 33.1 Å². The van der Waals surface area contributed by atoms with Crippen LogP contribution in [0.25, 0.3) is 21.6 Å². The Bertz CT molecular complexity index is 1790. The SMILES string of the molecule is C=C[C@@H]1CC1(NC(=O)[C@@H]1C[C@@H](Oc2nc3ccccc3nc2-c2ccc(Br)s2)CN1C(=O)[C@@H](NC(=O)OC1CCCC1)C(C)(C)C)C(=O)O. The first kappa shape index (κ1) is 34.8. The van der Waals surface area contributed by atoms with Crippen LogP contribution in [0, 0.1) is 11.3 Å². The number of aliphatic carboxylic acids is 1. The molecule has 0 spiro atoms. The minimum Gasteiger partial charge on any atom is -0.479 e. The maximum absolute atomic E-state index is 14.4. The number of ether oxygens (including phenoxy) is 2. The Kier molecular flexibility index (Phi) is 9.73. The number of nitrogens with one attached hydrogen (secondary N) is 2. The van der Waals surface area contributed by atoms with Crippen LogP contribution in [0.15, 0.2) is 52.8 Å². The molecule has 12 nitrogen and oxygen atoms in total. The summed E-state index contributed by atoms with van der Waals surface area (Å²) in [5, 5.41) is 15.5. The third-order valence-electron chi connectivity index (χ3n) is 9.45. The summed E-state index contributed by atoms with van der Waals surface area (Å²) in [6, 6.07) is 9.07. The fourth-order valence-corrected chi connectivity index (χ4v) is 8.01. The monoisotopic (exact) mass is 753 g/mol. The first-order valence-electron chi connectivity index (χ1n) is 16.4. The van der Waals surface area contributed by atoms with Gasteiger partial charge in [-0.2, -0.15) is 0 Å². The molecule has 2 saturated carbocycles. The second-order valence-electron chi connectivity index (χ2n) is 14.0. The molecule has 3 amide bonds. The standard InChI is InChI=1S/C35H40BrN5O7S/c1-5-19-17-35(19,32(44)45)40-29(42)24-16-21(18-41(24)31(43)28(34(2,3)4)39-33(46)48-20-10-6-7-11-20)47-30-27(25-14-15-26(36)49-25)37-22-12-8-9-13-23(22)38-30/h5,8-9,12-15,19-21,24,28H,1,6-7,10-11,16-18H2,2-4H3,(H,39,46)(H,40,42)(H,44,45)/t19-,21-,24+,28-,35?/m1/s1. The summed E-state index contributed by atoms with van der Waals surface area (Å²) in [7, 11) is 0. The van der Waals surface area contributed by atoms with Gasteiger partial charge in [-0.1, -0.05) is 39.0 Å². The number of aromatic nitrogens is 2. The zero-order valence-electron chi connectivity index (χ0n) is 27.6. The lowest BCUT2D eigenvalue weighted by Crippen LogP contribution is -2.59. The number of para-hydroxylation sites is 2. The predicted octanol–water partition coefficient (Wildman–Crippen LogP) is 5.70. The number of thiophene rings is 1. The lowest BCUT2D eigenvalue weighted by molar-refractivity contribution is -0.146. The highest BCUT2D eigenvalue weighted by molar-refractivity contribution is 9.11. The fourth-order valence-electron chi connectivity index (χ4n) is 6.64. The van der Waals surface area contributed by atoms with E-state index in [0.29, 0.717) is 16.7 Å². The van der Waals surface area contributed by atoms with Crippen molar-refractivity contribution in [1.29, 1.82) is 0 Å². The van der Waals surface area contributed by atoms with Crippen LogP contribution in [0.4, 0.5) is 4.79 Å². The second-order valence-corrected chi connectivity index (χ2v) is 16.5. The number of hydrogen-bond acceptors (Lipinski definition) is 9. The van der Waals surface area contributed by atoms with Crippen LogP contribution in [-0.2, 0) is 19.1 Å². The zero-order chi connectivity index (χ0) is 35.1. The van der Waals surface area contributed by atoms with Crippen LogP contribution >= 0.6 is 27.3 Å². The minimum absolute atomic E-state index is 0.0180. The van der Waals surface area contributed by atoms with Crippen molar-refractivity contribution in [2.75, 3.05) is 6.54 Å². The van der Waals surface area contributed by atoms with Crippen LogP contribution in [0.5, 0.6) is 5.88 Å². The fraction of sp³-hybridized carbons (Fsp3) is 0.486. The summed E-state index contributed by atoms with van der Waals surface area (Å²) in [5.41, 5.74) is -0.452. The lowest BCUT2D eigenvalue weighted by atomic mass is 9.85. The minimum atomic E-state index is -1.50. The van der Waals surface area contributed by atoms with Crippen molar-refractivity contribution < 1.29 is 33.8 Å². The molecule has 5 atom stereocenters. The van der Waals surface area contributed by atoms with Crippen molar-refractivity contribution in [3.05, 3.63) is 52.8 Å². The average Bonchev–Trinajstić information content (AvgIpc) is 3.44. The zero-order valence-corrected chi connectivity index (χ0v) is 30.0. The summed E-state index contributed by atoms with van der Waals surface area (Å²) in [5.74, 6) is -2.50. The van der Waals surface area contributed by atoms with E-state index in [-0.39, 0.29) is 31.4 Å². The molecule has 260 valence electrons. The smallest absolute Gasteiger partial charge is 0.408 e. The molecule has 1 unspecified atom stereocenters. The largest absolute Gasteiger partial charge is 0.479 e. The molecule has 3 aromatic rings. The van der Waals surface area contributed by atoms with E-state index in [0.717, 1.165) is 34.3 Å². The highest BCUT2D eigenvalue weighted by atomic mass is 79.9. The number of likely N-dealkylation sites (tertiary alicyclic amines) is 1. The molecule has 3 heterocycles. The van der Waals surface area contributed by atoms with Gasteiger partial charge >= 0.3 is 12.1 Å². The number of halogens is 1. The Morgan fingerprint density at radius 2 is 1.80 bits per heavy atom. The first-order valence-corrected chi connectivity index (χ1v) is 18.0. The number of alkyl carbamates (subject to hydrolysis) is 1. The van der Waals surface area contributed by atoms with E-state index < -0.39 is 58.9 Å². The number of rotatable bonds is 10. The van der Waals surface area contributed by atoms with Gasteiger partial charge < -0.3 is 30.1 Å². The Labute approximate surface area is 296 Å². The number of fused-ring (bicyclic) bond motifs is 1. The number of amides is 3. The Balaban J connectivity index is 1.31. The van der Waals surface area contributed by atoms with Crippen molar-refractivity contribution >= 4 is 62.2 Å². The molecule has 0 radical (unpaired) electrons. The van der Waals surface area contributed by atoms with Gasteiger partial charge in [0.1, 0.15) is 35.5 Å². The van der Waals surface area contributed by atoms with Gasteiger partial charge in [-0.25, -0.2) is 19.6 Å². The molecule has 1 aromatic carbocycles. The van der Waals surface area contributed by atoms with Crippen LogP contribution in [-0.4, -0.2) is 80.2 Å². The molecule has 2 aliphatic carbocycles. The van der Waals surface area contributed by atoms with Gasteiger partial charge in [0.15, 0.2) is 0 Å². The molecular weight excluding hydrogens is 714 g/mol. The summed E-state index contributed by atoms with van der Waals surface area (Å²) in [6.45, 7) is 9.15. The van der Waals surface area contributed by atoms with E-state index in [9.17, 15) is 24.3 Å². The Morgan fingerprint density at radius 3 is 2.39 bits per heavy atom. The van der Waals surface area contributed by atoms with Crippen LogP contribution in [0.1, 0.15) is 59.3 Å². The van der Waals surface area contributed by atoms with E-state index in [1.165, 1.54) is 22.3 Å². The van der Waals surface area contributed by atoms with E-state index in [1.54, 1.807) is 0 Å². The summed E-state index contributed by atoms with van der Waals surface area (Å²) < 4.78 is 13.0. The Morgan fingerprint density at radius 1 is 1.10 bits per heavy atom. The number of carbonyl (C=O) groups excluding carboxylic acids is 3. The highest BCUT2D eigenvalue weighted by Gasteiger charge is 2.61. The van der Waals surface area contributed by atoms with Gasteiger partial charge in [0.2, 0.25) is 17.7 Å². The predicted molar refractivity (Wildman–Crippen MR) is 187 cm³/mol. The quantitative estimate of drug-likeness (QED) is 0.221. The average molecular weight is 755 g/mol. The highest BCUT2D eigenvalue weighted by Crippen LogP contribution is 2.45. The van der Waals surface area contributed by atoms with Crippen LogP contribution in [0.3, 0.4) is 0 Å². The molecule has 0 bridgehead atoms. The van der Waals surface area contributed by atoms with Gasteiger partial charge in [-0.05, 0) is 77.7 Å². The molecular formula is C35H40BrN5O7S. The van der Waals surface area contributed by atoms with Gasteiger partial charge in [-0.15, -0.1) is 17.9 Å². The summed E-state index contributed by atoms with van der Waals surface area (Å²) in [6.07, 6.45) is 3.65. The molecule has 3 aliphatic rings. The first-order chi connectivity index (χ1) is 23.3. The number of nitrogens with zero attached hydrogens (tertiary/aromatic N) is 3. The number of hydrogen-bond donors (Lipinski definition) is 3. The summed E-state index contributed by atoms with van der Waals surface area (Å²) >= 11 is 4.98. The van der Waals surface area contributed by atoms with Crippen molar-refractivity contribution in [1.82, 2.24) is 25.5 Å². The van der Waals surface area contributed by atoms with Gasteiger partial charge in [0.25, 0.3) is 0 Å². The van der Waals surface area contributed by atoms with E-state index in [4.69, 9.17) is 19.4 Å². The van der Waals surface area contributed by atoms with Crippen molar-refractivity contribution in [3.63, 3.8) is 0 Å². The van der Waals surface area contributed by atoms with Crippen molar-refractivity contribution in [2.45, 2.75) is 89.1 Å². The number of carbonyl (C=O) groups is 4. The van der Waals surface area contributed by atoms with Crippen molar-refractivity contribution in [2.24, 2.45) is 11.3 Å². The number of carboxylic acid groups (broad SMARTS) is 1. The molecule has 3 fully saturated rings. The summed E-state index contributed by atoms with van der Waals surface area (Å²) in [4.78, 5) is 65.5. The maximum atomic E-state index is 14.4. The van der Waals surface area contributed by atoms with Crippen LogP contribution < -0.4 is 15.4 Å². The molecule has 2 aromatic heterocycles. The Hall–Kier alpha value is -4.04. The third kappa shape index (κ3) is 7.30. The normalized spacial score (nSPS) is 24.3. The molecule has 3 N–H and O–H groups in total. The lowest BCUT2D eigenvalue weighted by Gasteiger charge is -2.35. The van der Waals surface area contributed by atoms with E-state index >= 15 is 0 Å². The van der Waals surface area contributed by atoms with Crippen molar-refractivity contribution in [3.8, 4) is 16.5 Å².